The molecule has 7 rings (SSSR count). The van der Waals surface area contributed by atoms with E-state index in [1.165, 1.54) is 14.0 Å². The number of rotatable bonds is 17. The number of cyclic esters (lactones) is 1. The van der Waals surface area contributed by atoms with Gasteiger partial charge in [-0.2, -0.15) is 0 Å². The number of aliphatic hydroxyl groups excluding tert-OH is 1. The minimum atomic E-state index is -1.50. The number of nitrogens with zero attached hydrogens (tertiary/aromatic N) is 9. The number of pyridine rings is 1. The van der Waals surface area contributed by atoms with Crippen molar-refractivity contribution in [2.45, 2.75) is 171 Å². The second-order valence-corrected chi connectivity index (χ2v) is 24.1. The van der Waals surface area contributed by atoms with Crippen LogP contribution in [0.15, 0.2) is 43.2 Å². The van der Waals surface area contributed by atoms with Crippen LogP contribution in [0.4, 0.5) is 4.79 Å². The molecule has 22 nitrogen and oxygen atoms in total. The van der Waals surface area contributed by atoms with Crippen LogP contribution < -0.4 is 5.32 Å². The zero-order chi connectivity index (χ0) is 56.0. The second-order valence-electron chi connectivity index (χ2n) is 22.9. The maximum atomic E-state index is 15.1. The Hall–Kier alpha value is -4.50. The number of aromatic nitrogens is 6. The van der Waals surface area contributed by atoms with Gasteiger partial charge in [0.15, 0.2) is 21.8 Å². The molecule has 1 amide bonds. The van der Waals surface area contributed by atoms with Crippen LogP contribution in [-0.2, 0) is 67.1 Å². The fourth-order valence-electron chi connectivity index (χ4n) is 11.3. The number of carbonyl (C=O) groups excluding carboxylic acids is 5. The van der Waals surface area contributed by atoms with Crippen LogP contribution in [0.1, 0.15) is 93.7 Å². The summed E-state index contributed by atoms with van der Waals surface area (Å²) in [5.41, 5.74) is -0.881. The smallest absolute Gasteiger partial charge is 0.410 e. The third-order valence-corrected chi connectivity index (χ3v) is 17.5. The van der Waals surface area contributed by atoms with E-state index < -0.39 is 86.9 Å². The molecule has 0 radical (unpaired) electrons. The van der Waals surface area contributed by atoms with Crippen molar-refractivity contribution < 1.29 is 57.5 Å². The van der Waals surface area contributed by atoms with Gasteiger partial charge in [-0.1, -0.05) is 19.1 Å². The van der Waals surface area contributed by atoms with Crippen molar-refractivity contribution in [1.82, 2.24) is 49.5 Å². The number of methoxy groups -OCH3 is 1. The van der Waals surface area contributed by atoms with Gasteiger partial charge in [-0.05, 0) is 116 Å². The Bertz CT molecular complexity index is 2470. The maximum Gasteiger partial charge on any atom is 0.410 e. The number of esters is 1. The van der Waals surface area contributed by atoms with Crippen LogP contribution in [-0.4, -0.2) is 197 Å². The summed E-state index contributed by atoms with van der Waals surface area (Å²) in [6, 6.07) is 2.31. The normalized spacial score (nSPS) is 33.0. The minimum Gasteiger partial charge on any atom is -0.455 e. The molecule has 0 aliphatic carbocycles. The van der Waals surface area contributed by atoms with Gasteiger partial charge in [0.1, 0.15) is 23.4 Å². The van der Waals surface area contributed by atoms with Gasteiger partial charge in [0, 0.05) is 114 Å². The molecule has 14 atom stereocenters. The van der Waals surface area contributed by atoms with Crippen LogP contribution in [0.3, 0.4) is 0 Å². The number of halogens is 1. The lowest BCUT2D eigenvalue weighted by Gasteiger charge is -2.54. The molecule has 0 aromatic carbocycles. The zero-order valence-corrected chi connectivity index (χ0v) is 48.7. The summed E-state index contributed by atoms with van der Waals surface area (Å²) < 4.78 is 39.5. The van der Waals surface area contributed by atoms with Crippen molar-refractivity contribution >= 4 is 52.7 Å². The SMILES string of the molecule is CO[C@]1(C)C[C@@H](C)C(=O)[C@@H]2C(CCCn3cnc(-c4cccnc4)c3)N[C@H]2[C@](C)(OC=O)[C@@H](I)OC(=O)[C@H](C)C(=O)[C@H](C)[C@H]1O[C@@H]1O[C@H](C)C[C@H](N(C)CCc2cn(CCN3CCN(C(=O)OC(C)(C)C)CC3)nn2)[C@H]1O. The number of imidazole rings is 1. The summed E-state index contributed by atoms with van der Waals surface area (Å²) in [7, 11) is 3.42. The molecule has 2 N–H and O–H groups in total. The van der Waals surface area contributed by atoms with Gasteiger partial charge >= 0.3 is 12.1 Å². The predicted octanol–water partition coefficient (Wildman–Crippen LogP) is 4.34. The van der Waals surface area contributed by atoms with Crippen molar-refractivity contribution in [2.24, 2.45) is 23.7 Å². The van der Waals surface area contributed by atoms with E-state index in [2.05, 4.69) is 35.4 Å². The van der Waals surface area contributed by atoms with Crippen molar-refractivity contribution in [3.8, 4) is 11.3 Å². The predicted molar refractivity (Wildman–Crippen MR) is 290 cm³/mol. The van der Waals surface area contributed by atoms with Crippen molar-refractivity contribution in [3.05, 3.63) is 48.9 Å². The third-order valence-electron chi connectivity index (χ3n) is 16.0. The summed E-state index contributed by atoms with van der Waals surface area (Å²) >= 11 is 1.90. The number of alkyl halides is 1. The molecular weight excluding hydrogens is 1110 g/mol. The number of amides is 1. The Morgan fingerprint density at radius 2 is 1.79 bits per heavy atom. The first-order chi connectivity index (χ1) is 36.4. The first kappa shape index (κ1) is 60.1. The molecule has 4 aliphatic rings. The molecule has 1 unspecified atom stereocenters. The number of fused-ring (bicyclic) bond motifs is 1. The van der Waals surface area contributed by atoms with Crippen LogP contribution >= 0.6 is 22.6 Å². The third kappa shape index (κ3) is 14.5. The number of carbonyl (C=O) groups is 5. The minimum absolute atomic E-state index is 0.0948. The lowest BCUT2D eigenvalue weighted by Crippen LogP contribution is -2.75. The molecule has 4 fully saturated rings. The van der Waals surface area contributed by atoms with E-state index in [1.54, 1.807) is 44.4 Å². The van der Waals surface area contributed by atoms with Gasteiger partial charge in [0.25, 0.3) is 6.47 Å². The van der Waals surface area contributed by atoms with E-state index in [4.69, 9.17) is 28.4 Å². The fourth-order valence-corrected chi connectivity index (χ4v) is 12.1. The number of ether oxygens (including phenoxy) is 6. The molecule has 0 saturated carbocycles. The number of hydrogen-bond donors (Lipinski definition) is 2. The summed E-state index contributed by atoms with van der Waals surface area (Å²) in [5, 5.41) is 24.5. The number of ketones is 2. The van der Waals surface area contributed by atoms with Crippen LogP contribution in [0.2, 0.25) is 0 Å². The van der Waals surface area contributed by atoms with Crippen LogP contribution in [0.5, 0.6) is 0 Å². The van der Waals surface area contributed by atoms with Gasteiger partial charge in [-0.3, -0.25) is 33.7 Å². The largest absolute Gasteiger partial charge is 0.455 e. The van der Waals surface area contributed by atoms with E-state index in [-0.39, 0.29) is 30.4 Å². The number of aliphatic hydroxyl groups is 1. The lowest BCUT2D eigenvalue weighted by molar-refractivity contribution is -0.296. The molecule has 3 aromatic rings. The van der Waals surface area contributed by atoms with E-state index in [0.29, 0.717) is 64.9 Å². The summed E-state index contributed by atoms with van der Waals surface area (Å²) in [5.74, 6) is -5.13. The quantitative estimate of drug-likeness (QED) is 0.0477. The highest BCUT2D eigenvalue weighted by atomic mass is 127. The number of likely N-dealkylation sites (N-methyl/N-ethyl adjacent to an activating group) is 1. The van der Waals surface area contributed by atoms with E-state index in [0.717, 1.165) is 36.6 Å². The summed E-state index contributed by atoms with van der Waals surface area (Å²) in [4.78, 5) is 83.2. The van der Waals surface area contributed by atoms with E-state index in [1.807, 2.05) is 98.0 Å². The molecule has 4 saturated heterocycles. The first-order valence-corrected chi connectivity index (χ1v) is 28.2. The topological polar surface area (TPSA) is 244 Å². The standard InChI is InChI=1S/C54H81IN10O12/c1-33-27-53(8,72-11)47(75-49-45(69)41(26-34(2)74-49)61(10)19-16-38-29-65(60-59-38)25-22-62-20-23-64(24-21-62)51(71)77-52(5,6)7)35(3)44(68)36(4)48(70)76-50(55)54(9,73-32-66)46-42(43(33)67)39(58-46)15-13-18-63-30-40(57-31-63)37-14-12-17-56-28-37/h12,14,17,28-36,39,41-42,45-47,49-50,58,69H,13,15-16,18-27H2,1-11H3/t33-,34-,35+,36-,39?,41+,42+,45-,46-,47-,49+,50+,53-,54+/m1/s1. The molecule has 23 heteroatoms. The Morgan fingerprint density at radius 3 is 2.47 bits per heavy atom. The van der Waals surface area contributed by atoms with Gasteiger partial charge in [-0.15, -0.1) is 5.10 Å². The zero-order valence-electron chi connectivity index (χ0n) is 46.6. The number of Topliss-reactive ketones (excluding diaryl/α,β-unsaturated/α-hetero) is 2. The average Bonchev–Trinajstić information content (AvgIpc) is 4.08. The Kier molecular flexibility index (Phi) is 20.1. The number of aryl methyl sites for hydroxylation is 1. The fraction of sp³-hybridized carbons (Fsp3) is 0.722. The van der Waals surface area contributed by atoms with E-state index >= 15 is 4.79 Å². The number of nitrogens with one attached hydrogen (secondary N) is 1. The molecule has 4 aliphatic heterocycles. The van der Waals surface area contributed by atoms with Gasteiger partial charge in [-0.25, -0.2) is 9.78 Å². The summed E-state index contributed by atoms with van der Waals surface area (Å²) in [6.07, 6.45) is 7.36. The molecular formula is C54H81IN10O12. The summed E-state index contributed by atoms with van der Waals surface area (Å²) in [6.45, 7) is 21.3. The second kappa shape index (κ2) is 25.7. The highest BCUT2D eigenvalue weighted by Gasteiger charge is 2.60. The average molecular weight is 1190 g/mol. The Morgan fingerprint density at radius 1 is 1.05 bits per heavy atom. The Labute approximate surface area is 466 Å². The highest BCUT2D eigenvalue weighted by molar-refractivity contribution is 14.1. The van der Waals surface area contributed by atoms with Gasteiger partial charge < -0.3 is 53.2 Å². The van der Waals surface area contributed by atoms with Crippen molar-refractivity contribution in [3.63, 3.8) is 0 Å². The van der Waals surface area contributed by atoms with Crippen molar-refractivity contribution in [1.29, 1.82) is 0 Å². The maximum absolute atomic E-state index is 15.1. The van der Waals surface area contributed by atoms with Crippen LogP contribution in [0, 0.1) is 23.7 Å². The number of hydrogen-bond acceptors (Lipinski definition) is 19. The molecule has 77 heavy (non-hydrogen) atoms. The molecule has 7 heterocycles. The first-order valence-electron chi connectivity index (χ1n) is 27.0. The molecule has 3 aromatic heterocycles. The molecule has 0 bridgehead atoms. The van der Waals surface area contributed by atoms with E-state index in [9.17, 15) is 24.3 Å². The van der Waals surface area contributed by atoms with Crippen molar-refractivity contribution in [2.75, 3.05) is 53.4 Å². The van der Waals surface area contributed by atoms with Gasteiger partial charge in [0.2, 0.25) is 0 Å². The van der Waals surface area contributed by atoms with Gasteiger partial charge in [0.05, 0.1) is 54.0 Å². The lowest BCUT2D eigenvalue weighted by atomic mass is 9.67. The molecule has 426 valence electrons. The molecule has 0 spiro atoms. The number of piperazine rings is 1. The Balaban J connectivity index is 1.03. The van der Waals surface area contributed by atoms with Crippen LogP contribution in [0.25, 0.3) is 11.3 Å². The highest BCUT2D eigenvalue weighted by Crippen LogP contribution is 2.44. The monoisotopic (exact) mass is 1190 g/mol.